The largest absolute Gasteiger partial charge is 0.352 e. The normalized spacial score (nSPS) is 13.5. The first-order valence-electron chi connectivity index (χ1n) is 11.1. The summed E-state index contributed by atoms with van der Waals surface area (Å²) in [7, 11) is 0. The van der Waals surface area contributed by atoms with E-state index in [2.05, 4.69) is 86.1 Å². The van der Waals surface area contributed by atoms with Crippen LogP contribution in [0.25, 0.3) is 0 Å². The van der Waals surface area contributed by atoms with Gasteiger partial charge in [-0.25, -0.2) is 0 Å². The zero-order chi connectivity index (χ0) is 21.7. The van der Waals surface area contributed by atoms with E-state index in [1.807, 2.05) is 6.07 Å². The number of benzene rings is 2. The predicted octanol–water partition coefficient (Wildman–Crippen LogP) is 6.22. The number of nitrogens with zero attached hydrogens (tertiary/aromatic N) is 2. The molecule has 1 heterocycles. The third-order valence-electron chi connectivity index (χ3n) is 5.69. The van der Waals surface area contributed by atoms with E-state index in [0.29, 0.717) is 18.5 Å². The molecule has 3 rings (SSSR count). The molecule has 6 heteroatoms. The van der Waals surface area contributed by atoms with Gasteiger partial charge in [-0.15, -0.1) is 12.4 Å². The molecular weight excluding hydrogens is 426 g/mol. The highest BCUT2D eigenvalue weighted by Crippen LogP contribution is 2.49. The molecule has 2 aromatic carbocycles. The monoisotopic (exact) mass is 461 g/mol. The lowest BCUT2D eigenvalue weighted by Crippen LogP contribution is -2.41. The Labute approximate surface area is 198 Å². The van der Waals surface area contributed by atoms with Crippen molar-refractivity contribution < 1.29 is 4.79 Å². The van der Waals surface area contributed by atoms with Crippen LogP contribution in [-0.4, -0.2) is 43.0 Å². The van der Waals surface area contributed by atoms with Crippen LogP contribution >= 0.6 is 24.2 Å². The minimum absolute atomic E-state index is 0. The van der Waals surface area contributed by atoms with Crippen LogP contribution in [0.2, 0.25) is 0 Å². The number of anilines is 2. The number of para-hydroxylation sites is 1. The van der Waals surface area contributed by atoms with E-state index in [4.69, 9.17) is 0 Å². The fraction of sp³-hybridized carbons (Fsp3) is 0.480. The second-order valence-electron chi connectivity index (χ2n) is 8.40. The first-order valence-corrected chi connectivity index (χ1v) is 12.0. The van der Waals surface area contributed by atoms with Gasteiger partial charge in [0.2, 0.25) is 0 Å². The molecule has 0 aromatic heterocycles. The minimum atomic E-state index is 0. The number of carbonyl (C=O) groups is 1. The molecular formula is C25H36ClN3OS. The van der Waals surface area contributed by atoms with E-state index in [-0.39, 0.29) is 18.3 Å². The summed E-state index contributed by atoms with van der Waals surface area (Å²) < 4.78 is 0. The number of hydrogen-bond acceptors (Lipinski definition) is 4. The molecule has 0 saturated carbocycles. The highest BCUT2D eigenvalue weighted by molar-refractivity contribution is 7.99. The molecule has 0 spiro atoms. The van der Waals surface area contributed by atoms with Crippen molar-refractivity contribution in [2.75, 3.05) is 31.1 Å². The van der Waals surface area contributed by atoms with E-state index >= 15 is 0 Å². The first kappa shape index (κ1) is 25.6. The maximum Gasteiger partial charge on any atom is 0.251 e. The molecule has 4 nitrogen and oxygen atoms in total. The second kappa shape index (κ2) is 11.8. The highest BCUT2D eigenvalue weighted by atomic mass is 35.5. The summed E-state index contributed by atoms with van der Waals surface area (Å²) in [6.45, 7) is 14.8. The van der Waals surface area contributed by atoms with Crippen molar-refractivity contribution in [3.63, 3.8) is 0 Å². The van der Waals surface area contributed by atoms with Crippen molar-refractivity contribution in [2.45, 2.75) is 56.9 Å². The molecule has 0 saturated heterocycles. The first-order chi connectivity index (χ1) is 14.4. The van der Waals surface area contributed by atoms with E-state index < -0.39 is 0 Å². The maximum absolute atomic E-state index is 12.8. The molecule has 0 radical (unpaired) electrons. The Bertz CT molecular complexity index is 870. The van der Waals surface area contributed by atoms with E-state index in [1.54, 1.807) is 11.8 Å². The van der Waals surface area contributed by atoms with E-state index in [9.17, 15) is 4.79 Å². The number of halogens is 1. The van der Waals surface area contributed by atoms with Gasteiger partial charge in [-0.3, -0.25) is 4.79 Å². The Morgan fingerprint density at radius 2 is 1.71 bits per heavy atom. The van der Waals surface area contributed by atoms with Crippen LogP contribution in [0.1, 0.15) is 51.4 Å². The molecule has 1 aliphatic heterocycles. The summed E-state index contributed by atoms with van der Waals surface area (Å²) in [6, 6.07) is 15.0. The van der Waals surface area contributed by atoms with Gasteiger partial charge >= 0.3 is 0 Å². The zero-order valence-corrected chi connectivity index (χ0v) is 21.0. The number of rotatable bonds is 9. The molecule has 31 heavy (non-hydrogen) atoms. The van der Waals surface area contributed by atoms with Crippen LogP contribution in [-0.2, 0) is 0 Å². The number of fused-ring (bicyclic) bond motifs is 2. The SMILES string of the molecule is CCN(CC)CC(C)N1c2ccccc2Sc2ccc(C(=O)NCCC(C)C)cc21.Cl. The summed E-state index contributed by atoms with van der Waals surface area (Å²) in [5.74, 6) is 0.594. The van der Waals surface area contributed by atoms with Gasteiger partial charge in [-0.2, -0.15) is 0 Å². The van der Waals surface area contributed by atoms with Crippen molar-refractivity contribution in [2.24, 2.45) is 5.92 Å². The number of amides is 1. The topological polar surface area (TPSA) is 35.6 Å². The lowest BCUT2D eigenvalue weighted by Gasteiger charge is -2.39. The van der Waals surface area contributed by atoms with Crippen molar-refractivity contribution >= 4 is 41.5 Å². The van der Waals surface area contributed by atoms with Crippen molar-refractivity contribution in [3.05, 3.63) is 48.0 Å². The quantitative estimate of drug-likeness (QED) is 0.481. The van der Waals surface area contributed by atoms with E-state index in [0.717, 1.165) is 37.3 Å². The van der Waals surface area contributed by atoms with Crippen LogP contribution in [0, 0.1) is 5.92 Å². The lowest BCUT2D eigenvalue weighted by molar-refractivity contribution is 0.0952. The molecule has 0 aliphatic carbocycles. The van der Waals surface area contributed by atoms with Gasteiger partial charge in [0.15, 0.2) is 0 Å². The summed E-state index contributed by atoms with van der Waals surface area (Å²) in [6.07, 6.45) is 0.993. The summed E-state index contributed by atoms with van der Waals surface area (Å²) >= 11 is 1.79. The molecule has 1 amide bonds. The van der Waals surface area contributed by atoms with Gasteiger partial charge in [0.25, 0.3) is 5.91 Å². The van der Waals surface area contributed by atoms with Gasteiger partial charge in [0, 0.05) is 34.5 Å². The fourth-order valence-electron chi connectivity index (χ4n) is 3.91. The zero-order valence-electron chi connectivity index (χ0n) is 19.4. The van der Waals surface area contributed by atoms with Gasteiger partial charge in [0.1, 0.15) is 0 Å². The van der Waals surface area contributed by atoms with Crippen molar-refractivity contribution in [1.82, 2.24) is 10.2 Å². The highest BCUT2D eigenvalue weighted by Gasteiger charge is 2.28. The van der Waals surface area contributed by atoms with E-state index in [1.165, 1.54) is 15.5 Å². The van der Waals surface area contributed by atoms with Gasteiger partial charge in [-0.1, -0.05) is 51.6 Å². The predicted molar refractivity (Wildman–Crippen MR) is 135 cm³/mol. The van der Waals surface area contributed by atoms with Crippen LogP contribution < -0.4 is 10.2 Å². The van der Waals surface area contributed by atoms with Gasteiger partial charge < -0.3 is 15.1 Å². The molecule has 1 N–H and O–H groups in total. The molecule has 0 fully saturated rings. The Morgan fingerprint density at radius 3 is 2.39 bits per heavy atom. The third kappa shape index (κ3) is 6.18. The van der Waals surface area contributed by atoms with Crippen molar-refractivity contribution in [3.8, 4) is 0 Å². The minimum Gasteiger partial charge on any atom is -0.352 e. The maximum atomic E-state index is 12.8. The van der Waals surface area contributed by atoms with Gasteiger partial charge in [-0.05, 0) is 62.7 Å². The van der Waals surface area contributed by atoms with Crippen LogP contribution in [0.15, 0.2) is 52.3 Å². The Hall–Kier alpha value is -1.69. The summed E-state index contributed by atoms with van der Waals surface area (Å²) in [5, 5.41) is 3.08. The number of likely N-dealkylation sites (N-methyl/N-ethyl adjacent to an activating group) is 1. The smallest absolute Gasteiger partial charge is 0.251 e. The molecule has 1 atom stereocenters. The van der Waals surface area contributed by atoms with Crippen LogP contribution in [0.3, 0.4) is 0 Å². The Morgan fingerprint density at radius 1 is 1.03 bits per heavy atom. The Balaban J connectivity index is 0.00000341. The molecule has 170 valence electrons. The molecule has 0 bridgehead atoms. The Kier molecular flexibility index (Phi) is 9.73. The second-order valence-corrected chi connectivity index (χ2v) is 9.48. The summed E-state index contributed by atoms with van der Waals surface area (Å²) in [4.78, 5) is 20.1. The van der Waals surface area contributed by atoms with Crippen LogP contribution in [0.4, 0.5) is 11.4 Å². The lowest BCUT2D eigenvalue weighted by atomic mass is 10.1. The fourth-order valence-corrected chi connectivity index (χ4v) is 4.96. The number of nitrogens with one attached hydrogen (secondary N) is 1. The third-order valence-corrected chi connectivity index (χ3v) is 6.82. The molecule has 1 aliphatic rings. The molecule has 1 unspecified atom stereocenters. The number of hydrogen-bond donors (Lipinski definition) is 1. The standard InChI is InChI=1S/C25H35N3OS.ClH/c1-6-27(7-2)17-19(5)28-21-10-8-9-11-23(21)30-24-13-12-20(16-22(24)28)25(29)26-15-14-18(3)4;/h8-13,16,18-19H,6-7,14-15,17H2,1-5H3,(H,26,29);1H. The van der Waals surface area contributed by atoms with Gasteiger partial charge in [0.05, 0.1) is 11.4 Å². The van der Waals surface area contributed by atoms with Crippen LogP contribution in [0.5, 0.6) is 0 Å². The number of carbonyl (C=O) groups excluding carboxylic acids is 1. The van der Waals surface area contributed by atoms with Crippen molar-refractivity contribution in [1.29, 1.82) is 0 Å². The average Bonchev–Trinajstić information content (AvgIpc) is 2.74. The molecule has 2 aromatic rings. The summed E-state index contributed by atoms with van der Waals surface area (Å²) in [5.41, 5.74) is 3.10. The average molecular weight is 462 g/mol.